The molecule has 1 fully saturated rings. The van der Waals surface area contributed by atoms with Crippen molar-refractivity contribution in [1.29, 1.82) is 0 Å². The van der Waals surface area contributed by atoms with Gasteiger partial charge >= 0.3 is 0 Å². The fourth-order valence-electron chi connectivity index (χ4n) is 2.46. The molecule has 0 saturated carbocycles. The normalized spacial score (nSPS) is 21.2. The SMILES string of the molecule is CCCNCC1CCCN(S(=O)(=O)c2ccc(Cl)s2)C1. The minimum Gasteiger partial charge on any atom is -0.316 e. The van der Waals surface area contributed by atoms with Crippen LogP contribution in [0, 0.1) is 5.92 Å². The largest absolute Gasteiger partial charge is 0.316 e. The molecule has 1 unspecified atom stereocenters. The van der Waals surface area contributed by atoms with Crippen LogP contribution in [0.4, 0.5) is 0 Å². The summed E-state index contributed by atoms with van der Waals surface area (Å²) in [5, 5.41) is 3.38. The van der Waals surface area contributed by atoms with E-state index in [9.17, 15) is 8.42 Å². The van der Waals surface area contributed by atoms with Crippen LogP contribution in [0.25, 0.3) is 0 Å². The summed E-state index contributed by atoms with van der Waals surface area (Å²) in [5.74, 6) is 0.403. The average molecular weight is 337 g/mol. The molecule has 0 amide bonds. The van der Waals surface area contributed by atoms with Crippen LogP contribution in [0.15, 0.2) is 16.3 Å². The Labute approximate surface area is 130 Å². The zero-order chi connectivity index (χ0) is 14.6. The molecule has 1 atom stereocenters. The van der Waals surface area contributed by atoms with Gasteiger partial charge in [0.1, 0.15) is 4.21 Å². The Morgan fingerprint density at radius 1 is 1.50 bits per heavy atom. The van der Waals surface area contributed by atoms with E-state index >= 15 is 0 Å². The van der Waals surface area contributed by atoms with Crippen LogP contribution >= 0.6 is 22.9 Å². The highest BCUT2D eigenvalue weighted by Gasteiger charge is 2.30. The quantitative estimate of drug-likeness (QED) is 0.813. The van der Waals surface area contributed by atoms with Crippen molar-refractivity contribution in [3.63, 3.8) is 0 Å². The van der Waals surface area contributed by atoms with Crippen molar-refractivity contribution in [2.24, 2.45) is 5.92 Å². The third kappa shape index (κ3) is 3.95. The highest BCUT2D eigenvalue weighted by atomic mass is 35.5. The maximum absolute atomic E-state index is 12.5. The van der Waals surface area contributed by atoms with Gasteiger partial charge in [0.25, 0.3) is 10.0 Å². The van der Waals surface area contributed by atoms with Gasteiger partial charge in [-0.3, -0.25) is 0 Å². The summed E-state index contributed by atoms with van der Waals surface area (Å²) >= 11 is 6.98. The van der Waals surface area contributed by atoms with Crippen LogP contribution < -0.4 is 5.32 Å². The van der Waals surface area contributed by atoms with Gasteiger partial charge in [0.05, 0.1) is 4.34 Å². The van der Waals surface area contributed by atoms with Crippen LogP contribution in [0.5, 0.6) is 0 Å². The van der Waals surface area contributed by atoms with Gasteiger partial charge in [-0.05, 0) is 50.4 Å². The third-order valence-corrected chi connectivity index (χ3v) is 7.05. The fraction of sp³-hybridized carbons (Fsp3) is 0.692. The number of hydrogen-bond acceptors (Lipinski definition) is 4. The Balaban J connectivity index is 2.01. The molecule has 0 bridgehead atoms. The Morgan fingerprint density at radius 2 is 2.30 bits per heavy atom. The van der Waals surface area contributed by atoms with E-state index in [4.69, 9.17) is 11.6 Å². The van der Waals surface area contributed by atoms with Crippen LogP contribution in [0.2, 0.25) is 4.34 Å². The van der Waals surface area contributed by atoms with E-state index in [0.717, 1.165) is 43.7 Å². The molecule has 1 aliphatic rings. The van der Waals surface area contributed by atoms with Gasteiger partial charge < -0.3 is 5.32 Å². The molecule has 2 rings (SSSR count). The molecular weight excluding hydrogens is 316 g/mol. The lowest BCUT2D eigenvalue weighted by Crippen LogP contribution is -2.42. The van der Waals surface area contributed by atoms with E-state index in [0.29, 0.717) is 27.6 Å². The van der Waals surface area contributed by atoms with E-state index in [1.165, 1.54) is 0 Å². The number of sulfonamides is 1. The number of hydrogen-bond donors (Lipinski definition) is 1. The van der Waals surface area contributed by atoms with Crippen molar-refractivity contribution in [3.8, 4) is 0 Å². The topological polar surface area (TPSA) is 49.4 Å². The van der Waals surface area contributed by atoms with Crippen molar-refractivity contribution in [2.45, 2.75) is 30.4 Å². The van der Waals surface area contributed by atoms with Crippen LogP contribution in [0.3, 0.4) is 0 Å². The number of rotatable bonds is 6. The van der Waals surface area contributed by atoms with E-state index < -0.39 is 10.0 Å². The lowest BCUT2D eigenvalue weighted by Gasteiger charge is -2.31. The summed E-state index contributed by atoms with van der Waals surface area (Å²) in [6, 6.07) is 3.24. The monoisotopic (exact) mass is 336 g/mol. The maximum Gasteiger partial charge on any atom is 0.252 e. The Hall–Kier alpha value is -0.140. The van der Waals surface area contributed by atoms with Crippen molar-refractivity contribution in [3.05, 3.63) is 16.5 Å². The van der Waals surface area contributed by atoms with Crippen molar-refractivity contribution in [2.75, 3.05) is 26.2 Å². The van der Waals surface area contributed by atoms with E-state index in [2.05, 4.69) is 12.2 Å². The maximum atomic E-state index is 12.5. The van der Waals surface area contributed by atoms with Gasteiger partial charge in [-0.1, -0.05) is 18.5 Å². The van der Waals surface area contributed by atoms with Crippen LogP contribution in [-0.2, 0) is 10.0 Å². The van der Waals surface area contributed by atoms with E-state index in [1.54, 1.807) is 16.4 Å². The first-order valence-corrected chi connectivity index (χ1v) is 9.63. The molecular formula is C13H21ClN2O2S2. The minimum atomic E-state index is -3.37. The molecule has 0 spiro atoms. The van der Waals surface area contributed by atoms with Gasteiger partial charge in [0.15, 0.2) is 0 Å². The predicted molar refractivity (Wildman–Crippen MR) is 84.0 cm³/mol. The molecule has 1 saturated heterocycles. The lowest BCUT2D eigenvalue weighted by molar-refractivity contribution is 0.261. The number of thiophene rings is 1. The molecule has 4 nitrogen and oxygen atoms in total. The first-order valence-electron chi connectivity index (χ1n) is 7.00. The van der Waals surface area contributed by atoms with Gasteiger partial charge in [0.2, 0.25) is 0 Å². The van der Waals surface area contributed by atoms with Gasteiger partial charge in [-0.2, -0.15) is 4.31 Å². The molecule has 0 aliphatic carbocycles. The smallest absolute Gasteiger partial charge is 0.252 e. The lowest BCUT2D eigenvalue weighted by atomic mass is 10.00. The standard InChI is InChI=1S/C13H21ClN2O2S2/c1-2-7-15-9-11-4-3-8-16(10-11)20(17,18)13-6-5-12(14)19-13/h5-6,11,15H,2-4,7-10H2,1H3. The zero-order valence-electron chi connectivity index (χ0n) is 11.6. The van der Waals surface area contributed by atoms with E-state index in [1.807, 2.05) is 0 Å². The Bertz CT molecular complexity index is 530. The molecule has 1 aromatic rings. The Morgan fingerprint density at radius 3 is 2.95 bits per heavy atom. The van der Waals surface area contributed by atoms with Crippen molar-refractivity contribution >= 4 is 33.0 Å². The predicted octanol–water partition coefficient (Wildman–Crippen LogP) is 2.80. The highest BCUT2D eigenvalue weighted by Crippen LogP contribution is 2.30. The second-order valence-corrected chi connectivity index (χ2v) is 9.01. The summed E-state index contributed by atoms with van der Waals surface area (Å²) in [6.45, 7) is 5.23. The number of piperidine rings is 1. The summed E-state index contributed by atoms with van der Waals surface area (Å²) in [4.78, 5) is 0. The number of nitrogens with zero attached hydrogens (tertiary/aromatic N) is 1. The first kappa shape index (κ1) is 16.2. The van der Waals surface area contributed by atoms with Gasteiger partial charge in [-0.25, -0.2) is 8.42 Å². The number of halogens is 1. The van der Waals surface area contributed by atoms with Gasteiger partial charge in [0, 0.05) is 13.1 Å². The fourth-order valence-corrected chi connectivity index (χ4v) is 5.65. The van der Waals surface area contributed by atoms with Gasteiger partial charge in [-0.15, -0.1) is 11.3 Å². The van der Waals surface area contributed by atoms with E-state index in [-0.39, 0.29) is 0 Å². The summed E-state index contributed by atoms with van der Waals surface area (Å²) in [7, 11) is -3.37. The average Bonchev–Trinajstić information content (AvgIpc) is 2.87. The Kier molecular flexibility index (Phi) is 5.86. The van der Waals surface area contributed by atoms with Crippen molar-refractivity contribution < 1.29 is 8.42 Å². The van der Waals surface area contributed by atoms with Crippen LogP contribution in [0.1, 0.15) is 26.2 Å². The minimum absolute atomic E-state index is 0.352. The second kappa shape index (κ2) is 7.22. The van der Waals surface area contributed by atoms with Crippen LogP contribution in [-0.4, -0.2) is 38.9 Å². The molecule has 114 valence electrons. The number of nitrogens with one attached hydrogen (secondary N) is 1. The molecule has 1 aromatic heterocycles. The summed E-state index contributed by atoms with van der Waals surface area (Å²) < 4.78 is 27.5. The molecule has 20 heavy (non-hydrogen) atoms. The highest BCUT2D eigenvalue weighted by molar-refractivity contribution is 7.91. The zero-order valence-corrected chi connectivity index (χ0v) is 14.0. The third-order valence-electron chi connectivity index (χ3n) is 3.48. The molecule has 1 aliphatic heterocycles. The molecule has 7 heteroatoms. The van der Waals surface area contributed by atoms with Crippen molar-refractivity contribution in [1.82, 2.24) is 9.62 Å². The first-order chi connectivity index (χ1) is 9.54. The molecule has 0 aromatic carbocycles. The summed E-state index contributed by atoms with van der Waals surface area (Å²) in [6.07, 6.45) is 3.12. The summed E-state index contributed by atoms with van der Waals surface area (Å²) in [5.41, 5.74) is 0. The second-order valence-electron chi connectivity index (χ2n) is 5.13. The molecule has 1 N–H and O–H groups in total. The molecule has 2 heterocycles. The molecule has 0 radical (unpaired) electrons.